The summed E-state index contributed by atoms with van der Waals surface area (Å²) in [5, 5.41) is 23.5. The molecule has 0 radical (unpaired) electrons. The first-order valence-electron chi connectivity index (χ1n) is 16.0. The molecule has 2 saturated carbocycles. The van der Waals surface area contributed by atoms with Gasteiger partial charge in [0, 0.05) is 25.7 Å². The molecule has 2 aromatic rings. The van der Waals surface area contributed by atoms with E-state index < -0.39 is 64.4 Å². The molecular formula is C37H39N3O7. The summed E-state index contributed by atoms with van der Waals surface area (Å²) in [7, 11) is 6.99. The summed E-state index contributed by atoms with van der Waals surface area (Å²) in [4.78, 5) is 71.5. The second kappa shape index (κ2) is 11.9. The van der Waals surface area contributed by atoms with Crippen LogP contribution in [0.5, 0.6) is 5.75 Å². The zero-order chi connectivity index (χ0) is 33.9. The predicted octanol–water partition coefficient (Wildman–Crippen LogP) is 2.45. The first kappa shape index (κ1) is 32.4. The van der Waals surface area contributed by atoms with Gasteiger partial charge >= 0.3 is 0 Å². The van der Waals surface area contributed by atoms with Gasteiger partial charge in [-0.25, -0.2) is 0 Å². The van der Waals surface area contributed by atoms with E-state index in [0.29, 0.717) is 11.1 Å². The number of benzene rings is 2. The number of aromatic hydroxyl groups is 1. The number of rotatable bonds is 4. The van der Waals surface area contributed by atoms with Crippen LogP contribution in [0.3, 0.4) is 0 Å². The van der Waals surface area contributed by atoms with Gasteiger partial charge < -0.3 is 20.8 Å². The molecule has 2 fully saturated rings. The Labute approximate surface area is 273 Å². The average molecular weight is 638 g/mol. The number of amides is 1. The van der Waals surface area contributed by atoms with Crippen molar-refractivity contribution in [3.8, 4) is 28.7 Å². The van der Waals surface area contributed by atoms with E-state index in [9.17, 15) is 34.2 Å². The van der Waals surface area contributed by atoms with Crippen LogP contribution in [0.2, 0.25) is 0 Å². The van der Waals surface area contributed by atoms with Crippen molar-refractivity contribution >= 4 is 34.7 Å². The minimum absolute atomic E-state index is 0.0145. The number of allylic oxidation sites excluding steroid dienone is 2. The number of fused-ring (bicyclic) bond motifs is 3. The highest BCUT2D eigenvalue weighted by Crippen LogP contribution is 2.52. The Morgan fingerprint density at radius 2 is 1.70 bits per heavy atom. The molecule has 2 aromatic carbocycles. The van der Waals surface area contributed by atoms with Crippen LogP contribution in [0, 0.1) is 35.5 Å². The number of anilines is 1. The van der Waals surface area contributed by atoms with E-state index in [2.05, 4.69) is 17.9 Å². The number of carbonyl (C=O) groups excluding carboxylic acids is 5. The van der Waals surface area contributed by atoms with E-state index in [4.69, 9.17) is 5.73 Å². The minimum Gasteiger partial charge on any atom is -0.506 e. The highest BCUT2D eigenvalue weighted by Gasteiger charge is 2.69. The molecule has 4 aliphatic rings. The van der Waals surface area contributed by atoms with Crippen molar-refractivity contribution in [2.45, 2.75) is 50.2 Å². The molecule has 10 heteroatoms. The summed E-state index contributed by atoms with van der Waals surface area (Å²) in [6.07, 6.45) is 6.09. The van der Waals surface area contributed by atoms with Gasteiger partial charge in [0.2, 0.25) is 5.91 Å². The van der Waals surface area contributed by atoms with E-state index in [1.54, 1.807) is 20.2 Å². The van der Waals surface area contributed by atoms with Gasteiger partial charge in [-0.1, -0.05) is 30.0 Å². The molecule has 6 unspecified atom stereocenters. The van der Waals surface area contributed by atoms with Crippen LogP contribution in [-0.4, -0.2) is 84.0 Å². The number of nitrogens with zero attached hydrogens (tertiary/aromatic N) is 2. The lowest BCUT2D eigenvalue weighted by atomic mass is 9.52. The van der Waals surface area contributed by atoms with Crippen LogP contribution in [0.15, 0.2) is 42.0 Å². The van der Waals surface area contributed by atoms with Crippen molar-refractivity contribution in [2.24, 2.45) is 29.4 Å². The summed E-state index contributed by atoms with van der Waals surface area (Å²) in [5.41, 5.74) is 6.76. The van der Waals surface area contributed by atoms with E-state index >= 15 is 0 Å². The van der Waals surface area contributed by atoms with Gasteiger partial charge in [0.1, 0.15) is 5.75 Å². The molecule has 0 saturated heterocycles. The summed E-state index contributed by atoms with van der Waals surface area (Å²) < 4.78 is 0. The number of ketones is 4. The topological polar surface area (TPSA) is 158 Å². The van der Waals surface area contributed by atoms with Gasteiger partial charge in [0.15, 0.2) is 34.7 Å². The third-order valence-corrected chi connectivity index (χ3v) is 10.4. The zero-order valence-corrected chi connectivity index (χ0v) is 27.0. The number of hydrogen-bond donors (Lipinski definition) is 3. The molecule has 0 heterocycles. The van der Waals surface area contributed by atoms with Crippen LogP contribution >= 0.6 is 0 Å². The smallest absolute Gasteiger partial charge is 0.235 e. The third-order valence-electron chi connectivity index (χ3n) is 10.4. The fourth-order valence-corrected chi connectivity index (χ4v) is 8.06. The molecular weight excluding hydrogens is 598 g/mol. The van der Waals surface area contributed by atoms with Crippen molar-refractivity contribution in [1.29, 1.82) is 0 Å². The monoisotopic (exact) mass is 637 g/mol. The maximum atomic E-state index is 14.4. The summed E-state index contributed by atoms with van der Waals surface area (Å²) in [5.74, 6) is -4.60. The standard InChI is InChI=1S/C37H39N3O7/c1-39(2)23-14-12-20(13-15-23)24-16-21(11-10-19-8-6-5-7-9-19)31(41)28-25(24)17-22-18-26-30(40(3)4)33(43)29(36(38)46)35(45)37(26,47)34(44)27(22)32(28)42/h8,12-16,22,26-27,29-30,41,47H,5-7,9,17-18H2,1-4H3,(H2,38,46). The second-order valence-electron chi connectivity index (χ2n) is 13.6. The Balaban J connectivity index is 1.52. The van der Waals surface area contributed by atoms with Crippen molar-refractivity contribution < 1.29 is 34.2 Å². The lowest BCUT2D eigenvalue weighted by Crippen LogP contribution is -2.74. The second-order valence-corrected chi connectivity index (χ2v) is 13.6. The van der Waals surface area contributed by atoms with Gasteiger partial charge in [-0.15, -0.1) is 0 Å². The van der Waals surface area contributed by atoms with Crippen LogP contribution in [-0.2, 0) is 25.6 Å². The molecule has 0 spiro atoms. The Morgan fingerprint density at radius 1 is 1.00 bits per heavy atom. The predicted molar refractivity (Wildman–Crippen MR) is 175 cm³/mol. The van der Waals surface area contributed by atoms with E-state index in [-0.39, 0.29) is 29.7 Å². The fourth-order valence-electron chi connectivity index (χ4n) is 8.06. The average Bonchev–Trinajstić information content (AvgIpc) is 3.02. The van der Waals surface area contributed by atoms with Crippen molar-refractivity contribution in [3.05, 3.63) is 58.7 Å². The summed E-state index contributed by atoms with van der Waals surface area (Å²) in [6, 6.07) is 8.36. The number of Topliss-reactive ketones (excluding diaryl/α,β-unsaturated/α-hetero) is 4. The highest BCUT2D eigenvalue weighted by molar-refractivity contribution is 6.32. The summed E-state index contributed by atoms with van der Waals surface area (Å²) in [6.45, 7) is 0. The first-order valence-corrected chi connectivity index (χ1v) is 16.0. The minimum atomic E-state index is -2.78. The SMILES string of the molecule is CN(C)c1ccc(-c2cc(C#CC3=CCCCC3)c(O)c3c2CC2CC4C(N(C)C)C(=O)C(C(N)=O)C(=O)C4(O)C(=O)C2C3=O)cc1. The number of phenols is 1. The summed E-state index contributed by atoms with van der Waals surface area (Å²) >= 11 is 0. The number of hydrogen-bond acceptors (Lipinski definition) is 9. The normalized spacial score (nSPS) is 28.5. The highest BCUT2D eigenvalue weighted by atomic mass is 16.3. The molecule has 244 valence electrons. The number of phenolic OH excluding ortho intramolecular Hbond substituents is 1. The number of nitrogens with two attached hydrogens (primary N) is 1. The zero-order valence-electron chi connectivity index (χ0n) is 27.0. The Bertz CT molecular complexity index is 1810. The number of carbonyl (C=O) groups is 5. The van der Waals surface area contributed by atoms with Crippen molar-refractivity contribution in [3.63, 3.8) is 0 Å². The molecule has 6 rings (SSSR count). The Kier molecular flexibility index (Phi) is 8.19. The van der Waals surface area contributed by atoms with Gasteiger partial charge in [0.25, 0.3) is 0 Å². The van der Waals surface area contributed by atoms with Gasteiger partial charge in [-0.2, -0.15) is 0 Å². The van der Waals surface area contributed by atoms with Crippen LogP contribution in [0.25, 0.3) is 11.1 Å². The molecule has 0 bridgehead atoms. The largest absolute Gasteiger partial charge is 0.506 e. The molecule has 6 atom stereocenters. The third kappa shape index (κ3) is 5.09. The van der Waals surface area contributed by atoms with E-state index in [1.807, 2.05) is 43.3 Å². The lowest BCUT2D eigenvalue weighted by Gasteiger charge is -2.52. The van der Waals surface area contributed by atoms with Crippen LogP contribution in [0.1, 0.15) is 53.6 Å². The maximum Gasteiger partial charge on any atom is 0.235 e. The van der Waals surface area contributed by atoms with Gasteiger partial charge in [-0.3, -0.25) is 28.9 Å². The van der Waals surface area contributed by atoms with Gasteiger partial charge in [-0.05, 0) is 99.0 Å². The molecule has 0 aliphatic heterocycles. The Morgan fingerprint density at radius 3 is 2.30 bits per heavy atom. The molecule has 4 N–H and O–H groups in total. The molecule has 4 aliphatic carbocycles. The van der Waals surface area contributed by atoms with Crippen molar-refractivity contribution in [2.75, 3.05) is 33.1 Å². The molecule has 1 amide bonds. The van der Waals surface area contributed by atoms with E-state index in [0.717, 1.165) is 42.5 Å². The quantitative estimate of drug-likeness (QED) is 0.338. The maximum absolute atomic E-state index is 14.4. The van der Waals surface area contributed by atoms with Crippen LogP contribution in [0.4, 0.5) is 5.69 Å². The molecule has 47 heavy (non-hydrogen) atoms. The van der Waals surface area contributed by atoms with Crippen LogP contribution < -0.4 is 10.6 Å². The molecule has 10 nitrogen and oxygen atoms in total. The van der Waals surface area contributed by atoms with Gasteiger partial charge in [0.05, 0.1) is 23.1 Å². The molecule has 0 aromatic heterocycles. The fraction of sp³-hybridized carbons (Fsp3) is 0.432. The van der Waals surface area contributed by atoms with Crippen molar-refractivity contribution in [1.82, 2.24) is 4.90 Å². The lowest BCUT2D eigenvalue weighted by molar-refractivity contribution is -0.181. The number of aliphatic hydroxyl groups is 1. The Hall–Kier alpha value is -4.59. The van der Waals surface area contributed by atoms with E-state index in [1.165, 1.54) is 4.90 Å². The number of primary amides is 1. The first-order chi connectivity index (χ1) is 22.3. The number of likely N-dealkylation sites (N-methyl/N-ethyl adjacent to an activating group) is 1.